The van der Waals surface area contributed by atoms with Gasteiger partial charge in [-0.15, -0.1) is 0 Å². The highest BCUT2D eigenvalue weighted by atomic mass is 16.5. The number of nitrogens with zero attached hydrogens (tertiary/aromatic N) is 7. The lowest BCUT2D eigenvalue weighted by molar-refractivity contribution is -0.128. The summed E-state index contributed by atoms with van der Waals surface area (Å²) in [7, 11) is 0. The number of hydrogen-bond donors (Lipinski definition) is 0. The van der Waals surface area contributed by atoms with E-state index >= 15 is 0 Å². The van der Waals surface area contributed by atoms with E-state index < -0.39 is 0 Å². The normalized spacial score (nSPS) is 19.3. The van der Waals surface area contributed by atoms with Gasteiger partial charge in [0.15, 0.2) is 0 Å². The molecular weight excluding hydrogens is 526 g/mol. The molecule has 2 aromatic carbocycles. The largest absolute Gasteiger partial charge is 0.462 e. The molecule has 0 saturated carbocycles. The molecule has 1 amide bonds. The summed E-state index contributed by atoms with van der Waals surface area (Å²) in [5, 5.41) is 12.0. The molecule has 0 radical (unpaired) electrons. The first-order chi connectivity index (χ1) is 20.6. The topological polar surface area (TPSA) is 88.8 Å². The Hall–Kier alpha value is -4.16. The van der Waals surface area contributed by atoms with Crippen molar-refractivity contribution in [2.45, 2.75) is 44.7 Å². The molecule has 4 heterocycles. The number of nitriles is 1. The maximum absolute atomic E-state index is 12.5. The molecule has 2 fully saturated rings. The quantitative estimate of drug-likeness (QED) is 0.376. The number of carbonyl (C=O) groups excluding carboxylic acids is 1. The highest BCUT2D eigenvalue weighted by Gasteiger charge is 2.33. The molecule has 0 spiro atoms. The summed E-state index contributed by atoms with van der Waals surface area (Å²) in [4.78, 5) is 31.3. The number of piperidine rings is 1. The summed E-state index contributed by atoms with van der Waals surface area (Å²) >= 11 is 0. The predicted octanol–water partition coefficient (Wildman–Crippen LogP) is 4.17. The first-order valence-corrected chi connectivity index (χ1v) is 15.2. The van der Waals surface area contributed by atoms with Crippen molar-refractivity contribution in [1.82, 2.24) is 19.8 Å². The third-order valence-corrected chi connectivity index (χ3v) is 8.78. The van der Waals surface area contributed by atoms with Crippen LogP contribution in [0.15, 0.2) is 55.1 Å². The second kappa shape index (κ2) is 12.8. The van der Waals surface area contributed by atoms with E-state index in [2.05, 4.69) is 69.8 Å². The van der Waals surface area contributed by atoms with Gasteiger partial charge in [0.25, 0.3) is 0 Å². The zero-order valence-electron chi connectivity index (χ0n) is 24.2. The van der Waals surface area contributed by atoms with E-state index in [0.29, 0.717) is 38.8 Å². The van der Waals surface area contributed by atoms with Gasteiger partial charge in [-0.25, -0.2) is 0 Å². The number of piperazine rings is 1. The second-order valence-corrected chi connectivity index (χ2v) is 11.4. The van der Waals surface area contributed by atoms with E-state index in [1.54, 1.807) is 4.90 Å². The Labute approximate surface area is 248 Å². The van der Waals surface area contributed by atoms with Crippen molar-refractivity contribution in [2.24, 2.45) is 0 Å². The Morgan fingerprint density at radius 3 is 2.69 bits per heavy atom. The van der Waals surface area contributed by atoms with Crippen LogP contribution in [0.5, 0.6) is 6.01 Å². The lowest BCUT2D eigenvalue weighted by Crippen LogP contribution is -2.55. The van der Waals surface area contributed by atoms with Gasteiger partial charge in [-0.05, 0) is 49.9 Å². The summed E-state index contributed by atoms with van der Waals surface area (Å²) in [5.74, 6) is 0.742. The molecule has 3 aliphatic rings. The molecule has 9 nitrogen and oxygen atoms in total. The van der Waals surface area contributed by atoms with Crippen molar-refractivity contribution in [3.63, 3.8) is 0 Å². The first kappa shape index (κ1) is 28.0. The zero-order valence-corrected chi connectivity index (χ0v) is 24.2. The summed E-state index contributed by atoms with van der Waals surface area (Å²) in [6.07, 6.45) is 6.19. The van der Waals surface area contributed by atoms with E-state index in [-0.39, 0.29) is 18.4 Å². The Balaban J connectivity index is 1.29. The van der Waals surface area contributed by atoms with Crippen LogP contribution in [0, 0.1) is 11.3 Å². The van der Waals surface area contributed by atoms with Gasteiger partial charge in [0.05, 0.1) is 30.8 Å². The Morgan fingerprint density at radius 1 is 1.02 bits per heavy atom. The maximum Gasteiger partial charge on any atom is 0.318 e. The number of anilines is 2. The Bertz CT molecular complexity index is 1470. The highest BCUT2D eigenvalue weighted by Crippen LogP contribution is 2.34. The second-order valence-electron chi connectivity index (χ2n) is 11.4. The lowest BCUT2D eigenvalue weighted by Gasteiger charge is -2.42. The van der Waals surface area contributed by atoms with E-state index in [4.69, 9.17) is 14.7 Å². The standard InChI is InChI=1S/C33H39N7O2/c1-2-31(41)40-20-19-39(23-26(40)13-15-34)32-28-14-18-38(30-12-8-10-25-9-4-5-11-27(25)30)24-29(28)35-33(36-32)42-22-21-37-16-6-3-7-17-37/h2,4-5,8-12,26H,1,3,6-7,13-14,16-24H2/t26-/m0/s1. The van der Waals surface area contributed by atoms with E-state index in [1.165, 1.54) is 41.8 Å². The van der Waals surface area contributed by atoms with Crippen LogP contribution in [-0.2, 0) is 17.8 Å². The van der Waals surface area contributed by atoms with E-state index in [9.17, 15) is 10.1 Å². The summed E-state index contributed by atoms with van der Waals surface area (Å²) in [6, 6.07) is 17.4. The van der Waals surface area contributed by atoms with Crippen LogP contribution in [0.3, 0.4) is 0 Å². The van der Waals surface area contributed by atoms with Crippen molar-refractivity contribution in [1.29, 1.82) is 5.26 Å². The van der Waals surface area contributed by atoms with Gasteiger partial charge in [-0.3, -0.25) is 9.69 Å². The molecule has 42 heavy (non-hydrogen) atoms. The first-order valence-electron chi connectivity index (χ1n) is 15.2. The molecule has 0 N–H and O–H groups in total. The van der Waals surface area contributed by atoms with Gasteiger partial charge in [0, 0.05) is 49.4 Å². The van der Waals surface area contributed by atoms with Crippen LogP contribution in [0.4, 0.5) is 11.5 Å². The van der Waals surface area contributed by atoms with Crippen molar-refractivity contribution >= 4 is 28.2 Å². The summed E-state index contributed by atoms with van der Waals surface area (Å²) < 4.78 is 6.23. The molecular formula is C33H39N7O2. The van der Waals surface area contributed by atoms with Crippen molar-refractivity contribution in [3.05, 3.63) is 66.4 Å². The highest BCUT2D eigenvalue weighted by molar-refractivity contribution is 5.94. The molecule has 0 aliphatic carbocycles. The van der Waals surface area contributed by atoms with E-state index in [0.717, 1.165) is 49.7 Å². The number of rotatable bonds is 8. The SMILES string of the molecule is C=CC(=O)N1CCN(c2nc(OCCN3CCCCC3)nc3c2CCN(c2cccc4ccccc24)C3)C[C@@H]1CC#N. The molecule has 1 atom stereocenters. The molecule has 9 heteroatoms. The van der Waals surface area contributed by atoms with Gasteiger partial charge in [-0.2, -0.15) is 15.2 Å². The number of carbonyl (C=O) groups is 1. The van der Waals surface area contributed by atoms with Gasteiger partial charge in [0.2, 0.25) is 5.91 Å². The van der Waals surface area contributed by atoms with Crippen molar-refractivity contribution < 1.29 is 9.53 Å². The maximum atomic E-state index is 12.5. The van der Waals surface area contributed by atoms with Crippen LogP contribution < -0.4 is 14.5 Å². The minimum absolute atomic E-state index is 0.132. The van der Waals surface area contributed by atoms with Gasteiger partial charge >= 0.3 is 6.01 Å². The van der Waals surface area contributed by atoms with Crippen LogP contribution in [0.1, 0.15) is 36.9 Å². The number of aromatic nitrogens is 2. The third kappa shape index (κ3) is 5.90. The van der Waals surface area contributed by atoms with Gasteiger partial charge in [-0.1, -0.05) is 49.4 Å². The van der Waals surface area contributed by atoms with E-state index in [1.807, 2.05) is 0 Å². The predicted molar refractivity (Wildman–Crippen MR) is 165 cm³/mol. The van der Waals surface area contributed by atoms with Gasteiger partial charge in [0.1, 0.15) is 12.4 Å². The average Bonchev–Trinajstić information content (AvgIpc) is 3.04. The number of benzene rings is 2. The Kier molecular flexibility index (Phi) is 8.52. The monoisotopic (exact) mass is 565 g/mol. The fourth-order valence-electron chi connectivity index (χ4n) is 6.59. The molecule has 3 aromatic rings. The number of ether oxygens (including phenoxy) is 1. The average molecular weight is 566 g/mol. The van der Waals surface area contributed by atoms with Crippen LogP contribution in [0.25, 0.3) is 10.8 Å². The van der Waals surface area contributed by atoms with Crippen LogP contribution in [-0.4, -0.2) is 84.1 Å². The summed E-state index contributed by atoms with van der Waals surface area (Å²) in [5.41, 5.74) is 3.32. The number of likely N-dealkylation sites (tertiary alicyclic amines) is 1. The molecule has 0 bridgehead atoms. The summed E-state index contributed by atoms with van der Waals surface area (Å²) in [6.45, 7) is 10.5. The zero-order chi connectivity index (χ0) is 28.9. The van der Waals surface area contributed by atoms with Crippen LogP contribution in [0.2, 0.25) is 0 Å². The number of fused-ring (bicyclic) bond motifs is 2. The number of hydrogen-bond acceptors (Lipinski definition) is 8. The third-order valence-electron chi connectivity index (χ3n) is 8.78. The molecule has 1 aromatic heterocycles. The van der Waals surface area contributed by atoms with Crippen LogP contribution >= 0.6 is 0 Å². The molecule has 3 aliphatic heterocycles. The molecule has 2 saturated heterocycles. The molecule has 6 rings (SSSR count). The minimum Gasteiger partial charge on any atom is -0.462 e. The van der Waals surface area contributed by atoms with Crippen molar-refractivity contribution in [2.75, 3.05) is 62.2 Å². The number of amides is 1. The Morgan fingerprint density at radius 2 is 1.86 bits per heavy atom. The molecule has 0 unspecified atom stereocenters. The fraction of sp³-hybridized carbons (Fsp3) is 0.455. The lowest BCUT2D eigenvalue weighted by atomic mass is 10.0. The molecule has 218 valence electrons. The van der Waals surface area contributed by atoms with Gasteiger partial charge < -0.3 is 19.4 Å². The smallest absolute Gasteiger partial charge is 0.318 e. The minimum atomic E-state index is -0.223. The fourth-order valence-corrected chi connectivity index (χ4v) is 6.59. The van der Waals surface area contributed by atoms with Crippen molar-refractivity contribution in [3.8, 4) is 12.1 Å².